The molecule has 2 heterocycles. The molecule has 0 atom stereocenters. The molecule has 0 bridgehead atoms. The van der Waals surface area contributed by atoms with E-state index in [9.17, 15) is 4.79 Å². The highest BCUT2D eigenvalue weighted by Crippen LogP contribution is 2.35. The van der Waals surface area contributed by atoms with Gasteiger partial charge in [0.15, 0.2) is 11.5 Å². The summed E-state index contributed by atoms with van der Waals surface area (Å²) in [4.78, 5) is 26.3. The summed E-state index contributed by atoms with van der Waals surface area (Å²) in [5, 5.41) is 7.24. The Morgan fingerprint density at radius 1 is 1.05 bits per heavy atom. The lowest BCUT2D eigenvalue weighted by atomic mass is 10.1. The molecule has 0 aliphatic carbocycles. The van der Waals surface area contributed by atoms with Crippen molar-refractivity contribution in [2.24, 2.45) is 0 Å². The minimum absolute atomic E-state index is 0.178. The van der Waals surface area contributed by atoms with Crippen LogP contribution in [0.3, 0.4) is 0 Å². The lowest BCUT2D eigenvalue weighted by molar-refractivity contribution is 0.0357. The van der Waals surface area contributed by atoms with Crippen molar-refractivity contribution >= 4 is 39.7 Å². The number of methoxy groups -OCH3 is 1. The number of nitrogens with zero attached hydrogens (tertiary/aromatic N) is 4. The van der Waals surface area contributed by atoms with Gasteiger partial charge in [0.25, 0.3) is 5.91 Å². The summed E-state index contributed by atoms with van der Waals surface area (Å²) in [6.45, 7) is 7.06. The third kappa shape index (κ3) is 7.07. The Morgan fingerprint density at radius 3 is 2.67 bits per heavy atom. The van der Waals surface area contributed by atoms with Gasteiger partial charge in [-0.15, -0.1) is 0 Å². The molecule has 0 spiro atoms. The molecule has 1 aliphatic rings. The molecule has 1 saturated heterocycles. The summed E-state index contributed by atoms with van der Waals surface area (Å²) < 4.78 is 17.2. The number of rotatable bonds is 11. The first-order valence-electron chi connectivity index (χ1n) is 14.1. The molecule has 0 radical (unpaired) electrons. The van der Waals surface area contributed by atoms with Gasteiger partial charge in [-0.2, -0.15) is 0 Å². The molecule has 3 aromatic carbocycles. The fourth-order valence-electron chi connectivity index (χ4n) is 4.82. The lowest BCUT2D eigenvalue weighted by Crippen LogP contribution is -2.37. The average molecular weight is 571 g/mol. The monoisotopic (exact) mass is 570 g/mol. The van der Waals surface area contributed by atoms with Crippen LogP contribution >= 0.6 is 0 Å². The molecule has 5 rings (SSSR count). The maximum Gasteiger partial charge on any atom is 0.255 e. The fourth-order valence-corrected chi connectivity index (χ4v) is 4.82. The van der Waals surface area contributed by atoms with E-state index in [2.05, 4.69) is 25.5 Å². The number of fused-ring (bicyclic) bond motifs is 1. The van der Waals surface area contributed by atoms with E-state index in [0.717, 1.165) is 67.1 Å². The van der Waals surface area contributed by atoms with Gasteiger partial charge in [-0.1, -0.05) is 12.1 Å². The van der Waals surface area contributed by atoms with Crippen LogP contribution in [0.5, 0.6) is 11.5 Å². The predicted octanol–water partition coefficient (Wildman–Crippen LogP) is 5.11. The van der Waals surface area contributed by atoms with Crippen LogP contribution < -0.4 is 25.0 Å². The number of morpholine rings is 1. The Labute approximate surface area is 246 Å². The van der Waals surface area contributed by atoms with E-state index >= 15 is 0 Å². The number of hydrogen-bond donors (Lipinski definition) is 2. The number of aromatic nitrogens is 2. The number of nitrogens with one attached hydrogen (secondary N) is 2. The average Bonchev–Trinajstić information content (AvgIpc) is 3.01. The van der Waals surface area contributed by atoms with Crippen molar-refractivity contribution in [2.75, 3.05) is 76.2 Å². The van der Waals surface area contributed by atoms with Crippen LogP contribution in [0.1, 0.15) is 22.3 Å². The largest absolute Gasteiger partial charge is 0.493 e. The van der Waals surface area contributed by atoms with Crippen LogP contribution in [0.15, 0.2) is 60.9 Å². The van der Waals surface area contributed by atoms with E-state index in [1.807, 2.05) is 74.4 Å². The molecule has 1 aromatic heterocycles. The Bertz CT molecular complexity index is 1540. The molecular weight excluding hydrogens is 532 g/mol. The Morgan fingerprint density at radius 2 is 1.88 bits per heavy atom. The first-order chi connectivity index (χ1) is 20.4. The third-order valence-electron chi connectivity index (χ3n) is 7.27. The number of anilines is 4. The minimum atomic E-state index is -0.178. The Balaban J connectivity index is 1.30. The van der Waals surface area contributed by atoms with Gasteiger partial charge in [-0.05, 0) is 55.3 Å². The summed E-state index contributed by atoms with van der Waals surface area (Å²) in [6, 6.07) is 17.0. The molecule has 0 unspecified atom stereocenters. The number of carbonyl (C=O) groups excluding carboxylic acids is 1. The normalized spacial score (nSPS) is 13.5. The summed E-state index contributed by atoms with van der Waals surface area (Å²) in [7, 11) is 5.52. The highest BCUT2D eigenvalue weighted by Gasteiger charge is 2.15. The zero-order valence-corrected chi connectivity index (χ0v) is 24.6. The van der Waals surface area contributed by atoms with Crippen molar-refractivity contribution in [3.63, 3.8) is 0 Å². The summed E-state index contributed by atoms with van der Waals surface area (Å²) >= 11 is 0. The maximum atomic E-state index is 13.0. The van der Waals surface area contributed by atoms with E-state index < -0.39 is 0 Å². The SMILES string of the molecule is COc1cc2c(Nc3cc(NC(=O)c4cccc(N(C)C)c4)ccc3C)ncnc2cc1OCCCN1CCOCC1. The van der Waals surface area contributed by atoms with Crippen LogP contribution in [0.25, 0.3) is 10.9 Å². The van der Waals surface area contributed by atoms with E-state index in [1.54, 1.807) is 13.2 Å². The molecule has 42 heavy (non-hydrogen) atoms. The number of carbonyl (C=O) groups is 1. The highest BCUT2D eigenvalue weighted by atomic mass is 16.5. The molecule has 1 amide bonds. The molecule has 2 N–H and O–H groups in total. The van der Waals surface area contributed by atoms with Crippen molar-refractivity contribution in [2.45, 2.75) is 13.3 Å². The number of aryl methyl sites for hydroxylation is 1. The Kier molecular flexibility index (Phi) is 9.35. The molecule has 1 fully saturated rings. The predicted molar refractivity (Wildman–Crippen MR) is 167 cm³/mol. The first kappa shape index (κ1) is 29.1. The molecule has 220 valence electrons. The van der Waals surface area contributed by atoms with Gasteiger partial charge in [0.1, 0.15) is 12.1 Å². The van der Waals surface area contributed by atoms with Crippen LogP contribution in [-0.2, 0) is 4.74 Å². The van der Waals surface area contributed by atoms with Gasteiger partial charge >= 0.3 is 0 Å². The van der Waals surface area contributed by atoms with Crippen LogP contribution in [0, 0.1) is 6.92 Å². The lowest BCUT2D eigenvalue weighted by Gasteiger charge is -2.26. The second kappa shape index (κ2) is 13.5. The van der Waals surface area contributed by atoms with Crippen LogP contribution in [0.4, 0.5) is 22.9 Å². The van der Waals surface area contributed by atoms with Gasteiger partial charge in [0.2, 0.25) is 0 Å². The summed E-state index contributed by atoms with van der Waals surface area (Å²) in [6.07, 6.45) is 2.43. The topological polar surface area (TPSA) is 101 Å². The van der Waals surface area contributed by atoms with Gasteiger partial charge in [0.05, 0.1) is 32.4 Å². The van der Waals surface area contributed by atoms with Gasteiger partial charge in [-0.25, -0.2) is 9.97 Å². The number of benzene rings is 3. The van der Waals surface area contributed by atoms with Gasteiger partial charge < -0.3 is 29.7 Å². The zero-order chi connectivity index (χ0) is 29.5. The number of hydrogen-bond acceptors (Lipinski definition) is 9. The van der Waals surface area contributed by atoms with E-state index in [-0.39, 0.29) is 5.91 Å². The molecule has 10 nitrogen and oxygen atoms in total. The van der Waals surface area contributed by atoms with Crippen molar-refractivity contribution < 1.29 is 19.0 Å². The third-order valence-corrected chi connectivity index (χ3v) is 7.27. The van der Waals surface area contributed by atoms with Crippen molar-refractivity contribution in [1.82, 2.24) is 14.9 Å². The van der Waals surface area contributed by atoms with Gasteiger partial charge in [0, 0.05) is 67.8 Å². The van der Waals surface area contributed by atoms with Crippen molar-refractivity contribution in [3.05, 3.63) is 72.1 Å². The first-order valence-corrected chi connectivity index (χ1v) is 14.1. The quantitative estimate of drug-likeness (QED) is 0.238. The maximum absolute atomic E-state index is 13.0. The Hall–Kier alpha value is -4.41. The zero-order valence-electron chi connectivity index (χ0n) is 24.6. The second-order valence-electron chi connectivity index (χ2n) is 10.5. The molecule has 1 aliphatic heterocycles. The van der Waals surface area contributed by atoms with Crippen molar-refractivity contribution in [3.8, 4) is 11.5 Å². The van der Waals surface area contributed by atoms with Crippen molar-refractivity contribution in [1.29, 1.82) is 0 Å². The summed E-state index contributed by atoms with van der Waals surface area (Å²) in [5.41, 5.74) is 4.77. The highest BCUT2D eigenvalue weighted by molar-refractivity contribution is 6.05. The number of ether oxygens (including phenoxy) is 3. The second-order valence-corrected chi connectivity index (χ2v) is 10.5. The van der Waals surface area contributed by atoms with Crippen LogP contribution in [-0.4, -0.2) is 81.4 Å². The van der Waals surface area contributed by atoms with Gasteiger partial charge in [-0.3, -0.25) is 9.69 Å². The minimum Gasteiger partial charge on any atom is -0.493 e. The molecular formula is C32H38N6O4. The summed E-state index contributed by atoms with van der Waals surface area (Å²) in [5.74, 6) is 1.71. The standard InChI is InChI=1S/C32H38N6O4/c1-22-9-10-24(35-32(39)23-7-5-8-25(17-23)37(2)3)18-27(22)36-31-26-19-29(40-4)30(20-28(26)33-21-34-31)42-14-6-11-38-12-15-41-16-13-38/h5,7-10,17-21H,6,11-16H2,1-4H3,(H,35,39)(H,33,34,36). The molecule has 0 saturated carbocycles. The van der Waals surface area contributed by atoms with E-state index in [1.165, 1.54) is 6.33 Å². The van der Waals surface area contributed by atoms with E-state index in [0.29, 0.717) is 35.2 Å². The van der Waals surface area contributed by atoms with E-state index in [4.69, 9.17) is 14.2 Å². The fraction of sp³-hybridized carbons (Fsp3) is 0.344. The number of amides is 1. The van der Waals surface area contributed by atoms with Crippen LogP contribution in [0.2, 0.25) is 0 Å². The smallest absolute Gasteiger partial charge is 0.255 e. The molecule has 10 heteroatoms. The molecule has 4 aromatic rings.